The molecule has 0 radical (unpaired) electrons. The molecule has 25 heavy (non-hydrogen) atoms. The van der Waals surface area contributed by atoms with E-state index in [0.717, 1.165) is 31.7 Å². The molecule has 1 saturated heterocycles. The van der Waals surface area contributed by atoms with Gasteiger partial charge in [0.2, 0.25) is 17.6 Å². The standard InChI is InChI=1S/C18H23ClN4O2/c1-12(2)18(24)23-10-8-22(9-11-23)13(3)17-20-16(21-25-17)14-4-6-15(19)7-5-14/h4-7,12-13H,8-11H2,1-3H3/t13-/m0/s1. The first-order chi connectivity index (χ1) is 12.0. The second-order valence-corrected chi connectivity index (χ2v) is 7.09. The largest absolute Gasteiger partial charge is 0.340 e. The smallest absolute Gasteiger partial charge is 0.244 e. The summed E-state index contributed by atoms with van der Waals surface area (Å²) in [7, 11) is 0. The molecule has 1 aliphatic rings. The highest BCUT2D eigenvalue weighted by molar-refractivity contribution is 6.30. The molecule has 1 aliphatic heterocycles. The summed E-state index contributed by atoms with van der Waals surface area (Å²) < 4.78 is 5.46. The van der Waals surface area contributed by atoms with Gasteiger partial charge in [-0.3, -0.25) is 9.69 Å². The predicted octanol–water partition coefficient (Wildman–Crippen LogP) is 3.25. The quantitative estimate of drug-likeness (QED) is 0.835. The highest BCUT2D eigenvalue weighted by atomic mass is 35.5. The van der Waals surface area contributed by atoms with Gasteiger partial charge in [0, 0.05) is 42.7 Å². The number of hydrogen-bond donors (Lipinski definition) is 0. The van der Waals surface area contributed by atoms with Gasteiger partial charge < -0.3 is 9.42 Å². The predicted molar refractivity (Wildman–Crippen MR) is 96.2 cm³/mol. The summed E-state index contributed by atoms with van der Waals surface area (Å²) >= 11 is 5.91. The Balaban J connectivity index is 1.63. The number of carbonyl (C=O) groups is 1. The molecule has 6 nitrogen and oxygen atoms in total. The number of hydrogen-bond acceptors (Lipinski definition) is 5. The lowest BCUT2D eigenvalue weighted by Crippen LogP contribution is -2.50. The molecule has 1 aromatic heterocycles. The van der Waals surface area contributed by atoms with E-state index in [1.165, 1.54) is 0 Å². The Morgan fingerprint density at radius 2 is 1.76 bits per heavy atom. The van der Waals surface area contributed by atoms with E-state index in [1.54, 1.807) is 12.1 Å². The summed E-state index contributed by atoms with van der Waals surface area (Å²) in [4.78, 5) is 20.8. The Hall–Kier alpha value is -1.92. The van der Waals surface area contributed by atoms with Gasteiger partial charge in [0.1, 0.15) is 0 Å². The number of benzene rings is 1. The summed E-state index contributed by atoms with van der Waals surface area (Å²) in [5.41, 5.74) is 0.874. The number of amides is 1. The molecule has 2 aromatic rings. The van der Waals surface area contributed by atoms with Gasteiger partial charge in [-0.25, -0.2) is 0 Å². The van der Waals surface area contributed by atoms with Crippen molar-refractivity contribution in [2.24, 2.45) is 5.92 Å². The van der Waals surface area contributed by atoms with Crippen molar-refractivity contribution in [2.45, 2.75) is 26.8 Å². The molecule has 1 amide bonds. The molecule has 0 N–H and O–H groups in total. The van der Waals surface area contributed by atoms with E-state index in [4.69, 9.17) is 16.1 Å². The third kappa shape index (κ3) is 4.02. The summed E-state index contributed by atoms with van der Waals surface area (Å²) in [5.74, 6) is 1.41. The van der Waals surface area contributed by atoms with Crippen molar-refractivity contribution in [3.63, 3.8) is 0 Å². The van der Waals surface area contributed by atoms with Crippen LogP contribution in [0.1, 0.15) is 32.7 Å². The van der Waals surface area contributed by atoms with Crippen LogP contribution < -0.4 is 0 Å². The lowest BCUT2D eigenvalue weighted by Gasteiger charge is -2.37. The Bertz CT molecular complexity index is 721. The fourth-order valence-corrected chi connectivity index (χ4v) is 3.10. The first-order valence-corrected chi connectivity index (χ1v) is 8.96. The lowest BCUT2D eigenvalue weighted by molar-refractivity contribution is -0.136. The fourth-order valence-electron chi connectivity index (χ4n) is 2.97. The first kappa shape index (κ1) is 17.9. The number of nitrogens with zero attached hydrogens (tertiary/aromatic N) is 4. The lowest BCUT2D eigenvalue weighted by atomic mass is 10.1. The maximum Gasteiger partial charge on any atom is 0.244 e. The van der Waals surface area contributed by atoms with Gasteiger partial charge in [-0.1, -0.05) is 30.6 Å². The SMILES string of the molecule is CC(C)C(=O)N1CCN([C@@H](C)c2nc(-c3ccc(Cl)cc3)no2)CC1. The number of halogens is 1. The molecule has 7 heteroatoms. The van der Waals surface area contributed by atoms with E-state index >= 15 is 0 Å². The summed E-state index contributed by atoms with van der Waals surface area (Å²) in [6, 6.07) is 7.38. The van der Waals surface area contributed by atoms with E-state index in [0.29, 0.717) is 16.7 Å². The van der Waals surface area contributed by atoms with Crippen LogP contribution in [0.25, 0.3) is 11.4 Å². The van der Waals surface area contributed by atoms with Gasteiger partial charge in [-0.05, 0) is 31.2 Å². The Labute approximate surface area is 152 Å². The number of aromatic nitrogens is 2. The molecular weight excluding hydrogens is 340 g/mol. The Morgan fingerprint density at radius 1 is 1.12 bits per heavy atom. The van der Waals surface area contributed by atoms with Crippen LogP contribution in [0.4, 0.5) is 0 Å². The van der Waals surface area contributed by atoms with Gasteiger partial charge in [0.25, 0.3) is 0 Å². The molecule has 3 rings (SSSR count). The van der Waals surface area contributed by atoms with Crippen molar-refractivity contribution >= 4 is 17.5 Å². The molecule has 0 saturated carbocycles. The highest BCUT2D eigenvalue weighted by Gasteiger charge is 2.28. The topological polar surface area (TPSA) is 62.5 Å². The van der Waals surface area contributed by atoms with Crippen LogP contribution in [-0.4, -0.2) is 52.0 Å². The second-order valence-electron chi connectivity index (χ2n) is 6.66. The van der Waals surface area contributed by atoms with Gasteiger partial charge in [-0.15, -0.1) is 0 Å². The van der Waals surface area contributed by atoms with E-state index in [-0.39, 0.29) is 17.9 Å². The first-order valence-electron chi connectivity index (χ1n) is 8.58. The van der Waals surface area contributed by atoms with Crippen LogP contribution >= 0.6 is 11.6 Å². The number of carbonyl (C=O) groups excluding carboxylic acids is 1. The average molecular weight is 363 g/mol. The van der Waals surface area contributed by atoms with Gasteiger partial charge >= 0.3 is 0 Å². The van der Waals surface area contributed by atoms with Gasteiger partial charge in [0.15, 0.2) is 0 Å². The summed E-state index contributed by atoms with van der Waals surface area (Å²) in [5, 5.41) is 4.75. The average Bonchev–Trinajstić information content (AvgIpc) is 3.11. The van der Waals surface area contributed by atoms with Crippen LogP contribution in [0.3, 0.4) is 0 Å². The van der Waals surface area contributed by atoms with Crippen LogP contribution in [0.15, 0.2) is 28.8 Å². The zero-order valence-corrected chi connectivity index (χ0v) is 15.5. The zero-order chi connectivity index (χ0) is 18.0. The Morgan fingerprint density at radius 3 is 2.36 bits per heavy atom. The maximum absolute atomic E-state index is 12.1. The van der Waals surface area contributed by atoms with Crippen molar-refractivity contribution in [3.05, 3.63) is 35.2 Å². The molecule has 0 aliphatic carbocycles. The zero-order valence-electron chi connectivity index (χ0n) is 14.8. The molecule has 0 bridgehead atoms. The minimum atomic E-state index is 0.0184. The Kier molecular flexibility index (Phi) is 5.39. The summed E-state index contributed by atoms with van der Waals surface area (Å²) in [6.07, 6.45) is 0. The minimum Gasteiger partial charge on any atom is -0.340 e. The number of rotatable bonds is 4. The molecule has 0 spiro atoms. The third-order valence-electron chi connectivity index (χ3n) is 4.57. The number of piperazine rings is 1. The van der Waals surface area contributed by atoms with E-state index in [1.807, 2.05) is 30.9 Å². The van der Waals surface area contributed by atoms with Crippen molar-refractivity contribution in [2.75, 3.05) is 26.2 Å². The van der Waals surface area contributed by atoms with Crippen molar-refractivity contribution < 1.29 is 9.32 Å². The third-order valence-corrected chi connectivity index (χ3v) is 4.82. The molecule has 0 unspecified atom stereocenters. The molecular formula is C18H23ClN4O2. The second kappa shape index (κ2) is 7.54. The molecule has 1 atom stereocenters. The minimum absolute atomic E-state index is 0.0184. The molecule has 1 fully saturated rings. The van der Waals surface area contributed by atoms with Gasteiger partial charge in [0.05, 0.1) is 6.04 Å². The van der Waals surface area contributed by atoms with E-state index in [9.17, 15) is 4.79 Å². The van der Waals surface area contributed by atoms with Gasteiger partial charge in [-0.2, -0.15) is 4.98 Å². The fraction of sp³-hybridized carbons (Fsp3) is 0.500. The van der Waals surface area contributed by atoms with E-state index < -0.39 is 0 Å². The van der Waals surface area contributed by atoms with Crippen LogP contribution in [0.2, 0.25) is 5.02 Å². The van der Waals surface area contributed by atoms with Crippen molar-refractivity contribution in [1.29, 1.82) is 0 Å². The maximum atomic E-state index is 12.1. The van der Waals surface area contributed by atoms with Crippen molar-refractivity contribution in [3.8, 4) is 11.4 Å². The van der Waals surface area contributed by atoms with Crippen LogP contribution in [0, 0.1) is 5.92 Å². The monoisotopic (exact) mass is 362 g/mol. The molecule has 2 heterocycles. The van der Waals surface area contributed by atoms with E-state index in [2.05, 4.69) is 22.0 Å². The summed E-state index contributed by atoms with van der Waals surface area (Å²) in [6.45, 7) is 9.01. The van der Waals surface area contributed by atoms with Crippen LogP contribution in [-0.2, 0) is 4.79 Å². The normalized spacial score (nSPS) is 17.1. The molecule has 1 aromatic carbocycles. The van der Waals surface area contributed by atoms with Crippen molar-refractivity contribution in [1.82, 2.24) is 19.9 Å². The van der Waals surface area contributed by atoms with Crippen LogP contribution in [0.5, 0.6) is 0 Å². The highest BCUT2D eigenvalue weighted by Crippen LogP contribution is 2.24. The molecule has 134 valence electrons.